The summed E-state index contributed by atoms with van der Waals surface area (Å²) in [6, 6.07) is -1.75. The molecule has 0 aromatic carbocycles. The summed E-state index contributed by atoms with van der Waals surface area (Å²) in [5.41, 5.74) is 0. The van der Waals surface area contributed by atoms with Gasteiger partial charge in [-0.25, -0.2) is 0 Å². The summed E-state index contributed by atoms with van der Waals surface area (Å²) in [5.74, 6) is -0.613. The average molecular weight is 312 g/mol. The molecule has 0 aliphatic heterocycles. The zero-order valence-electron chi connectivity index (χ0n) is 13.3. The molecule has 0 aliphatic rings. The maximum Gasteiger partial charge on any atom is 0.320 e. The molecule has 9 heteroatoms. The minimum atomic E-state index is -0.963. The molecule has 1 aromatic rings. The van der Waals surface area contributed by atoms with Gasteiger partial charge in [0.15, 0.2) is 5.82 Å². The van der Waals surface area contributed by atoms with Gasteiger partial charge in [0, 0.05) is 0 Å². The number of tetrazole rings is 1. The Bertz CT molecular complexity index is 476. The van der Waals surface area contributed by atoms with Crippen LogP contribution in [0.4, 0.5) is 0 Å². The van der Waals surface area contributed by atoms with E-state index in [4.69, 9.17) is 5.11 Å². The van der Waals surface area contributed by atoms with Crippen molar-refractivity contribution in [2.45, 2.75) is 58.7 Å². The molecule has 0 saturated heterocycles. The van der Waals surface area contributed by atoms with Gasteiger partial charge in [-0.1, -0.05) is 26.0 Å². The van der Waals surface area contributed by atoms with Crippen LogP contribution < -0.4 is 10.6 Å². The van der Waals surface area contributed by atoms with Crippen LogP contribution >= 0.6 is 0 Å². The topological polar surface area (TPSA) is 133 Å². The molecule has 1 heterocycles. The van der Waals surface area contributed by atoms with E-state index in [1.807, 2.05) is 13.8 Å². The fourth-order valence-corrected chi connectivity index (χ4v) is 2.06. The smallest absolute Gasteiger partial charge is 0.320 e. The molecule has 4 N–H and O–H groups in total. The summed E-state index contributed by atoms with van der Waals surface area (Å²) in [5, 5.41) is 28.2. The zero-order chi connectivity index (χ0) is 16.7. The summed E-state index contributed by atoms with van der Waals surface area (Å²) >= 11 is 0. The third kappa shape index (κ3) is 5.40. The molecule has 0 aliphatic carbocycles. The van der Waals surface area contributed by atoms with Gasteiger partial charge in [-0.2, -0.15) is 5.21 Å². The highest BCUT2D eigenvalue weighted by atomic mass is 16.4. The van der Waals surface area contributed by atoms with Gasteiger partial charge in [0.1, 0.15) is 6.04 Å². The predicted molar refractivity (Wildman–Crippen MR) is 78.8 cm³/mol. The van der Waals surface area contributed by atoms with Crippen LogP contribution in [0.2, 0.25) is 0 Å². The lowest BCUT2D eigenvalue weighted by Crippen LogP contribution is -2.51. The van der Waals surface area contributed by atoms with Crippen LogP contribution in [0.1, 0.15) is 52.4 Å². The maximum absolute atomic E-state index is 12.4. The second-order valence-electron chi connectivity index (χ2n) is 5.65. The molecule has 124 valence electrons. The molecule has 1 aromatic heterocycles. The largest absolute Gasteiger partial charge is 0.480 e. The number of hydrogen-bond donors (Lipinski definition) is 4. The van der Waals surface area contributed by atoms with Gasteiger partial charge in [0.05, 0.1) is 12.1 Å². The van der Waals surface area contributed by atoms with Crippen LogP contribution in [0.25, 0.3) is 0 Å². The number of aromatic nitrogens is 4. The van der Waals surface area contributed by atoms with Crippen LogP contribution in [-0.4, -0.2) is 49.7 Å². The Labute approximate surface area is 129 Å². The van der Waals surface area contributed by atoms with Gasteiger partial charge in [-0.3, -0.25) is 14.9 Å². The number of hydrogen-bond acceptors (Lipinski definition) is 6. The summed E-state index contributed by atoms with van der Waals surface area (Å²) < 4.78 is 0. The van der Waals surface area contributed by atoms with Crippen molar-refractivity contribution < 1.29 is 14.7 Å². The molecule has 0 bridgehead atoms. The lowest BCUT2D eigenvalue weighted by Gasteiger charge is -2.24. The first-order valence-electron chi connectivity index (χ1n) is 7.37. The SMILES string of the molecule is CC[C@@H](N[C@@H](CC(C)C)C(=O)NC(C)c1nn[nH]n1)C(=O)O. The molecular formula is C13H24N6O3. The number of carboxylic acid groups (broad SMARTS) is 1. The van der Waals surface area contributed by atoms with Crippen LogP contribution in [0.5, 0.6) is 0 Å². The summed E-state index contributed by atoms with van der Waals surface area (Å²) in [4.78, 5) is 23.6. The molecule has 9 nitrogen and oxygen atoms in total. The minimum absolute atomic E-state index is 0.245. The molecule has 0 spiro atoms. The van der Waals surface area contributed by atoms with E-state index in [0.717, 1.165) is 0 Å². The van der Waals surface area contributed by atoms with E-state index < -0.39 is 24.1 Å². The first kappa shape index (κ1) is 18.0. The van der Waals surface area contributed by atoms with Crippen molar-refractivity contribution in [2.24, 2.45) is 5.92 Å². The van der Waals surface area contributed by atoms with Crippen LogP contribution in [0, 0.1) is 5.92 Å². The zero-order valence-corrected chi connectivity index (χ0v) is 13.3. The number of carbonyl (C=O) groups excluding carboxylic acids is 1. The molecule has 0 radical (unpaired) electrons. The van der Waals surface area contributed by atoms with E-state index in [1.165, 1.54) is 0 Å². The predicted octanol–water partition coefficient (Wildman–Crippen LogP) is 0.244. The monoisotopic (exact) mass is 312 g/mol. The number of aromatic amines is 1. The fraction of sp³-hybridized carbons (Fsp3) is 0.769. The van der Waals surface area contributed by atoms with E-state index in [1.54, 1.807) is 13.8 Å². The van der Waals surface area contributed by atoms with Crippen molar-refractivity contribution >= 4 is 11.9 Å². The molecule has 1 amide bonds. The van der Waals surface area contributed by atoms with Gasteiger partial charge in [-0.15, -0.1) is 10.2 Å². The highest BCUT2D eigenvalue weighted by Crippen LogP contribution is 2.10. The molecule has 0 fully saturated rings. The van der Waals surface area contributed by atoms with Crippen molar-refractivity contribution in [2.75, 3.05) is 0 Å². The summed E-state index contributed by atoms with van der Waals surface area (Å²) in [6.07, 6.45) is 0.937. The molecule has 22 heavy (non-hydrogen) atoms. The summed E-state index contributed by atoms with van der Waals surface area (Å²) in [7, 11) is 0. The van der Waals surface area contributed by atoms with E-state index in [2.05, 4.69) is 31.3 Å². The Hall–Kier alpha value is -2.03. The van der Waals surface area contributed by atoms with Crippen molar-refractivity contribution in [1.82, 2.24) is 31.3 Å². The van der Waals surface area contributed by atoms with E-state index >= 15 is 0 Å². The van der Waals surface area contributed by atoms with Gasteiger partial charge in [0.2, 0.25) is 5.91 Å². The normalized spacial score (nSPS) is 15.3. The third-order valence-electron chi connectivity index (χ3n) is 3.24. The van der Waals surface area contributed by atoms with Gasteiger partial charge in [0.25, 0.3) is 0 Å². The number of rotatable bonds is 9. The Morgan fingerprint density at radius 1 is 1.27 bits per heavy atom. The highest BCUT2D eigenvalue weighted by molar-refractivity contribution is 5.83. The van der Waals surface area contributed by atoms with Crippen LogP contribution in [0.15, 0.2) is 0 Å². The Balaban J connectivity index is 2.73. The first-order valence-corrected chi connectivity index (χ1v) is 7.37. The molecular weight excluding hydrogens is 288 g/mol. The second-order valence-corrected chi connectivity index (χ2v) is 5.65. The maximum atomic E-state index is 12.4. The molecule has 0 saturated carbocycles. The lowest BCUT2D eigenvalue weighted by molar-refractivity contribution is -0.140. The van der Waals surface area contributed by atoms with Crippen molar-refractivity contribution in [1.29, 1.82) is 0 Å². The number of nitrogens with zero attached hydrogens (tertiary/aromatic N) is 3. The minimum Gasteiger partial charge on any atom is -0.480 e. The molecule has 3 atom stereocenters. The van der Waals surface area contributed by atoms with Gasteiger partial charge < -0.3 is 10.4 Å². The number of nitrogens with one attached hydrogen (secondary N) is 3. The fourth-order valence-electron chi connectivity index (χ4n) is 2.06. The molecule has 1 unspecified atom stereocenters. The Morgan fingerprint density at radius 3 is 2.41 bits per heavy atom. The van der Waals surface area contributed by atoms with E-state index in [9.17, 15) is 9.59 Å². The van der Waals surface area contributed by atoms with Crippen LogP contribution in [-0.2, 0) is 9.59 Å². The van der Waals surface area contributed by atoms with E-state index in [-0.39, 0.29) is 11.8 Å². The van der Waals surface area contributed by atoms with Crippen LogP contribution in [0.3, 0.4) is 0 Å². The Kier molecular flexibility index (Phi) is 6.90. The second kappa shape index (κ2) is 8.42. The van der Waals surface area contributed by atoms with Gasteiger partial charge in [-0.05, 0) is 25.7 Å². The number of aliphatic carboxylic acids is 1. The van der Waals surface area contributed by atoms with Crippen molar-refractivity contribution in [3.05, 3.63) is 5.82 Å². The third-order valence-corrected chi connectivity index (χ3v) is 3.24. The number of carboxylic acids is 1. The standard InChI is InChI=1S/C13H24N6O3/c1-5-9(13(21)22)15-10(6-7(2)3)12(20)14-8(4)11-16-18-19-17-11/h7-10,15H,5-6H2,1-4H3,(H,14,20)(H,21,22)(H,16,17,18,19)/t8?,9-,10+/m1/s1. The number of H-pyrrole nitrogens is 1. The first-order chi connectivity index (χ1) is 10.3. The highest BCUT2D eigenvalue weighted by Gasteiger charge is 2.27. The Morgan fingerprint density at radius 2 is 1.95 bits per heavy atom. The molecule has 1 rings (SSSR count). The van der Waals surface area contributed by atoms with Crippen molar-refractivity contribution in [3.8, 4) is 0 Å². The summed E-state index contributed by atoms with van der Waals surface area (Å²) in [6.45, 7) is 7.46. The quantitative estimate of drug-likeness (QED) is 0.513. The van der Waals surface area contributed by atoms with Gasteiger partial charge >= 0.3 is 5.97 Å². The number of amides is 1. The van der Waals surface area contributed by atoms with Crippen molar-refractivity contribution in [3.63, 3.8) is 0 Å². The van der Waals surface area contributed by atoms with E-state index in [0.29, 0.717) is 18.7 Å². The average Bonchev–Trinajstić information content (AvgIpc) is 2.96. The lowest BCUT2D eigenvalue weighted by atomic mass is 10.0. The number of carbonyl (C=O) groups is 2.